The Morgan fingerprint density at radius 2 is 2.15 bits per heavy atom. The summed E-state index contributed by atoms with van der Waals surface area (Å²) < 4.78 is 10.3. The van der Waals surface area contributed by atoms with E-state index in [1.54, 1.807) is 18.8 Å². The molecule has 1 aromatic heterocycles. The summed E-state index contributed by atoms with van der Waals surface area (Å²) in [6.45, 7) is 5.73. The first-order chi connectivity index (χ1) is 9.42. The van der Waals surface area contributed by atoms with Gasteiger partial charge in [0, 0.05) is 5.75 Å². The highest BCUT2D eigenvalue weighted by Crippen LogP contribution is 2.22. The van der Waals surface area contributed by atoms with Crippen LogP contribution < -0.4 is 5.32 Å². The van der Waals surface area contributed by atoms with Crippen LogP contribution in [0.5, 0.6) is 0 Å². The summed E-state index contributed by atoms with van der Waals surface area (Å²) in [5.74, 6) is 1.59. The lowest BCUT2D eigenvalue weighted by molar-refractivity contribution is -0.148. The smallest absolute Gasteiger partial charge is 0.325 e. The second-order valence-electron chi connectivity index (χ2n) is 5.00. The molecule has 0 aliphatic heterocycles. The second-order valence-corrected chi connectivity index (χ2v) is 6.05. The minimum atomic E-state index is -0.602. The third-order valence-corrected chi connectivity index (χ3v) is 4.41. The van der Waals surface area contributed by atoms with Crippen LogP contribution in [0.3, 0.4) is 0 Å². The number of thioether (sulfide) groups is 1. The molecule has 20 heavy (non-hydrogen) atoms. The standard InChI is InChI=1S/C14H24N2O3S/c1-10-11(2)19-13(16-10)20-9-7-6-8-14(3,15-4)12(17)18-5/h15H,6-9H2,1-5H3. The number of hydrogen-bond acceptors (Lipinski definition) is 6. The van der Waals surface area contributed by atoms with Crippen LogP contribution in [0.25, 0.3) is 0 Å². The number of nitrogens with one attached hydrogen (secondary N) is 1. The number of methoxy groups -OCH3 is 1. The number of hydrogen-bond donors (Lipinski definition) is 1. The molecule has 1 unspecified atom stereocenters. The van der Waals surface area contributed by atoms with E-state index in [4.69, 9.17) is 9.15 Å². The normalized spacial score (nSPS) is 14.1. The van der Waals surface area contributed by atoms with Crippen molar-refractivity contribution in [2.75, 3.05) is 19.9 Å². The van der Waals surface area contributed by atoms with Gasteiger partial charge in [-0.1, -0.05) is 18.2 Å². The quantitative estimate of drug-likeness (QED) is 0.452. The van der Waals surface area contributed by atoms with Gasteiger partial charge in [0.15, 0.2) is 0 Å². The average Bonchev–Trinajstić information content (AvgIpc) is 2.76. The number of carbonyl (C=O) groups is 1. The third kappa shape index (κ3) is 4.52. The van der Waals surface area contributed by atoms with Crippen LogP contribution in [-0.2, 0) is 9.53 Å². The summed E-state index contributed by atoms with van der Waals surface area (Å²) in [5.41, 5.74) is 0.344. The van der Waals surface area contributed by atoms with Crippen molar-refractivity contribution >= 4 is 17.7 Å². The first-order valence-corrected chi connectivity index (χ1v) is 7.75. The molecule has 0 fully saturated rings. The zero-order valence-corrected chi connectivity index (χ0v) is 13.7. The maximum Gasteiger partial charge on any atom is 0.325 e. The number of unbranched alkanes of at least 4 members (excludes halogenated alkanes) is 1. The minimum Gasteiger partial charge on any atom is -0.468 e. The van der Waals surface area contributed by atoms with Gasteiger partial charge in [0.05, 0.1) is 12.8 Å². The summed E-state index contributed by atoms with van der Waals surface area (Å²) in [5, 5.41) is 3.76. The molecule has 0 aliphatic rings. The minimum absolute atomic E-state index is 0.216. The van der Waals surface area contributed by atoms with Gasteiger partial charge >= 0.3 is 5.97 Å². The topological polar surface area (TPSA) is 64.4 Å². The molecule has 1 N–H and O–H groups in total. The molecule has 1 heterocycles. The van der Waals surface area contributed by atoms with Gasteiger partial charge < -0.3 is 14.5 Å². The molecule has 0 saturated carbocycles. The van der Waals surface area contributed by atoms with Gasteiger partial charge in [-0.2, -0.15) is 0 Å². The Morgan fingerprint density at radius 3 is 2.65 bits per heavy atom. The van der Waals surface area contributed by atoms with Crippen molar-refractivity contribution in [2.24, 2.45) is 0 Å². The van der Waals surface area contributed by atoms with Crippen LogP contribution in [0.4, 0.5) is 0 Å². The fourth-order valence-electron chi connectivity index (χ4n) is 1.80. The zero-order chi connectivity index (χ0) is 15.2. The summed E-state index contributed by atoms with van der Waals surface area (Å²) in [6, 6.07) is 0. The number of oxazole rings is 1. The first-order valence-electron chi connectivity index (χ1n) is 6.77. The molecular formula is C14H24N2O3S. The van der Waals surface area contributed by atoms with Crippen LogP contribution in [0, 0.1) is 13.8 Å². The van der Waals surface area contributed by atoms with Crippen molar-refractivity contribution < 1.29 is 13.9 Å². The molecule has 0 spiro atoms. The summed E-state index contributed by atoms with van der Waals surface area (Å²) >= 11 is 1.61. The number of aromatic nitrogens is 1. The molecule has 0 aromatic carbocycles. The van der Waals surface area contributed by atoms with E-state index < -0.39 is 5.54 Å². The fraction of sp³-hybridized carbons (Fsp3) is 0.714. The maximum atomic E-state index is 11.7. The number of nitrogens with zero attached hydrogens (tertiary/aromatic N) is 1. The molecule has 0 aliphatic carbocycles. The zero-order valence-electron chi connectivity index (χ0n) is 12.9. The highest BCUT2D eigenvalue weighted by atomic mass is 32.2. The molecule has 1 aromatic rings. The van der Waals surface area contributed by atoms with Crippen molar-refractivity contribution in [3.63, 3.8) is 0 Å². The number of esters is 1. The summed E-state index contributed by atoms with van der Waals surface area (Å²) in [7, 11) is 3.20. The number of likely N-dealkylation sites (N-methyl/N-ethyl adjacent to an activating group) is 1. The van der Waals surface area contributed by atoms with E-state index in [0.29, 0.717) is 0 Å². The van der Waals surface area contributed by atoms with E-state index in [1.807, 2.05) is 20.8 Å². The van der Waals surface area contributed by atoms with Crippen molar-refractivity contribution in [3.05, 3.63) is 11.5 Å². The first kappa shape index (κ1) is 17.0. The molecule has 0 bridgehead atoms. The van der Waals surface area contributed by atoms with Crippen LogP contribution in [-0.4, -0.2) is 36.4 Å². The molecule has 1 rings (SSSR count). The maximum absolute atomic E-state index is 11.7. The Labute approximate surface area is 124 Å². The Bertz CT molecular complexity index is 428. The largest absolute Gasteiger partial charge is 0.468 e. The lowest BCUT2D eigenvalue weighted by Crippen LogP contribution is -2.48. The molecule has 0 radical (unpaired) electrons. The number of aryl methyl sites for hydroxylation is 2. The van der Waals surface area contributed by atoms with Crippen molar-refractivity contribution in [1.29, 1.82) is 0 Å². The molecule has 114 valence electrons. The van der Waals surface area contributed by atoms with Gasteiger partial charge in [-0.15, -0.1) is 0 Å². The lowest BCUT2D eigenvalue weighted by Gasteiger charge is -2.25. The van der Waals surface area contributed by atoms with Gasteiger partial charge in [-0.3, -0.25) is 4.79 Å². The average molecular weight is 300 g/mol. The molecular weight excluding hydrogens is 276 g/mol. The van der Waals surface area contributed by atoms with Crippen LogP contribution >= 0.6 is 11.8 Å². The van der Waals surface area contributed by atoms with Gasteiger partial charge in [-0.05, 0) is 40.7 Å². The molecule has 5 nitrogen and oxygen atoms in total. The predicted molar refractivity (Wildman–Crippen MR) is 80.0 cm³/mol. The van der Waals surface area contributed by atoms with E-state index in [2.05, 4.69) is 10.3 Å². The Balaban J connectivity index is 2.29. The summed E-state index contributed by atoms with van der Waals surface area (Å²) in [6.07, 6.45) is 2.69. The van der Waals surface area contributed by atoms with Gasteiger partial charge in [0.2, 0.25) is 0 Å². The molecule has 6 heteroatoms. The van der Waals surface area contributed by atoms with Gasteiger partial charge in [0.25, 0.3) is 5.22 Å². The van der Waals surface area contributed by atoms with Crippen molar-refractivity contribution in [3.8, 4) is 0 Å². The summed E-state index contributed by atoms with van der Waals surface area (Å²) in [4.78, 5) is 16.0. The molecule has 0 amide bonds. The lowest BCUT2D eigenvalue weighted by atomic mass is 9.95. The van der Waals surface area contributed by atoms with E-state index >= 15 is 0 Å². The Morgan fingerprint density at radius 1 is 1.45 bits per heavy atom. The highest BCUT2D eigenvalue weighted by Gasteiger charge is 2.31. The van der Waals surface area contributed by atoms with Crippen LogP contribution in [0.1, 0.15) is 37.6 Å². The predicted octanol–water partition coefficient (Wildman–Crippen LogP) is 2.70. The second kappa shape index (κ2) is 7.69. The van der Waals surface area contributed by atoms with E-state index in [9.17, 15) is 4.79 Å². The number of carbonyl (C=O) groups excluding carboxylic acids is 1. The van der Waals surface area contributed by atoms with Crippen molar-refractivity contribution in [2.45, 2.75) is 50.8 Å². The van der Waals surface area contributed by atoms with Gasteiger partial charge in [0.1, 0.15) is 11.3 Å². The number of ether oxygens (including phenoxy) is 1. The Kier molecular flexibility index (Phi) is 6.55. The van der Waals surface area contributed by atoms with Gasteiger partial charge in [-0.25, -0.2) is 4.98 Å². The Hall–Kier alpha value is -1.01. The monoisotopic (exact) mass is 300 g/mol. The molecule has 0 saturated heterocycles. The van der Waals surface area contributed by atoms with E-state index in [0.717, 1.165) is 41.7 Å². The van der Waals surface area contributed by atoms with Crippen molar-refractivity contribution in [1.82, 2.24) is 10.3 Å². The van der Waals surface area contributed by atoms with E-state index in [1.165, 1.54) is 7.11 Å². The SMILES string of the molecule is CNC(C)(CCCCSc1nc(C)c(C)o1)C(=O)OC. The van der Waals surface area contributed by atoms with Crippen LogP contribution in [0.2, 0.25) is 0 Å². The fourth-order valence-corrected chi connectivity index (χ4v) is 2.71. The van der Waals surface area contributed by atoms with Crippen LogP contribution in [0.15, 0.2) is 9.64 Å². The third-order valence-electron chi connectivity index (χ3n) is 3.49. The highest BCUT2D eigenvalue weighted by molar-refractivity contribution is 7.99. The van der Waals surface area contributed by atoms with E-state index in [-0.39, 0.29) is 5.97 Å². The number of rotatable bonds is 8. The molecule has 1 atom stereocenters.